The highest BCUT2D eigenvalue weighted by molar-refractivity contribution is 7.10. The molecule has 0 amide bonds. The Morgan fingerprint density at radius 1 is 1.14 bits per heavy atom. The number of Topliss-reactive ketones (excluding diaryl/α,β-unsaturated/α-hetero) is 1. The number of ether oxygens (including phenoxy) is 2. The molecule has 4 rings (SSSR count). The molecule has 2 aromatic carbocycles. The topological polar surface area (TPSA) is 95.7 Å². The first-order valence-electron chi connectivity index (χ1n) is 8.10. The van der Waals surface area contributed by atoms with Crippen molar-refractivity contribution in [2.75, 3.05) is 0 Å². The van der Waals surface area contributed by atoms with Crippen LogP contribution < -0.4 is 9.47 Å². The molecule has 0 N–H and O–H groups in total. The van der Waals surface area contributed by atoms with Gasteiger partial charge in [-0.15, -0.1) is 11.3 Å². The molecule has 1 aromatic heterocycles. The number of esters is 1. The van der Waals surface area contributed by atoms with Gasteiger partial charge in [-0.25, -0.2) is 4.79 Å². The molecule has 0 saturated carbocycles. The summed E-state index contributed by atoms with van der Waals surface area (Å²) in [5.41, 5.74) is 0.212. The molecule has 0 atom stereocenters. The highest BCUT2D eigenvalue weighted by atomic mass is 32.1. The van der Waals surface area contributed by atoms with Gasteiger partial charge in [0.15, 0.2) is 5.76 Å². The van der Waals surface area contributed by atoms with Crippen LogP contribution in [0.3, 0.4) is 0 Å². The van der Waals surface area contributed by atoms with Gasteiger partial charge in [-0.05, 0) is 29.6 Å². The summed E-state index contributed by atoms with van der Waals surface area (Å²) >= 11 is 1.48. The molecule has 8 heteroatoms. The SMILES string of the molecule is O=C(Oc1ccc2c(c1)O/C(=C\c1cccs1)C2=O)c1cccc([N+](=O)[O-])c1. The van der Waals surface area contributed by atoms with Gasteiger partial charge >= 0.3 is 5.97 Å². The van der Waals surface area contributed by atoms with Crippen LogP contribution in [0.15, 0.2) is 65.7 Å². The number of hydrogen-bond acceptors (Lipinski definition) is 7. The van der Waals surface area contributed by atoms with E-state index in [1.54, 1.807) is 6.08 Å². The van der Waals surface area contributed by atoms with E-state index >= 15 is 0 Å². The number of rotatable bonds is 4. The molecule has 0 spiro atoms. The van der Waals surface area contributed by atoms with E-state index < -0.39 is 10.9 Å². The van der Waals surface area contributed by atoms with Gasteiger partial charge in [0, 0.05) is 29.2 Å². The smallest absolute Gasteiger partial charge is 0.343 e. The number of nitro groups is 1. The molecule has 0 unspecified atom stereocenters. The number of fused-ring (bicyclic) bond motifs is 1. The van der Waals surface area contributed by atoms with E-state index in [9.17, 15) is 19.7 Å². The van der Waals surface area contributed by atoms with Crippen LogP contribution in [0.2, 0.25) is 0 Å². The first kappa shape index (κ1) is 17.6. The number of ketones is 1. The zero-order valence-electron chi connectivity index (χ0n) is 14.2. The fourth-order valence-electron chi connectivity index (χ4n) is 2.65. The third-order valence-corrected chi connectivity index (χ3v) is 4.78. The van der Waals surface area contributed by atoms with Gasteiger partial charge < -0.3 is 9.47 Å². The summed E-state index contributed by atoms with van der Waals surface area (Å²) < 4.78 is 10.9. The number of allylic oxidation sites excluding steroid dienone is 1. The van der Waals surface area contributed by atoms with Crippen molar-refractivity contribution in [3.8, 4) is 11.5 Å². The van der Waals surface area contributed by atoms with Crippen molar-refractivity contribution in [2.45, 2.75) is 0 Å². The second-order valence-corrected chi connectivity index (χ2v) is 6.79. The molecule has 138 valence electrons. The minimum absolute atomic E-state index is 0.0463. The molecule has 1 aliphatic rings. The van der Waals surface area contributed by atoms with Crippen LogP contribution in [0.1, 0.15) is 25.6 Å². The fraction of sp³-hybridized carbons (Fsp3) is 0. The second kappa shape index (κ2) is 7.09. The Bertz CT molecular complexity index is 1130. The third kappa shape index (κ3) is 3.40. The largest absolute Gasteiger partial charge is 0.452 e. The zero-order chi connectivity index (χ0) is 19.7. The molecule has 2 heterocycles. The summed E-state index contributed by atoms with van der Waals surface area (Å²) in [6.45, 7) is 0. The molecular weight excluding hydrogens is 382 g/mol. The van der Waals surface area contributed by atoms with Crippen LogP contribution in [0.4, 0.5) is 5.69 Å². The lowest BCUT2D eigenvalue weighted by atomic mass is 10.1. The van der Waals surface area contributed by atoms with Gasteiger partial charge in [0.2, 0.25) is 5.78 Å². The van der Waals surface area contributed by atoms with Crippen molar-refractivity contribution < 1.29 is 24.0 Å². The molecular formula is C20H11NO6S. The average Bonchev–Trinajstić information content (AvgIpc) is 3.30. The Hall–Kier alpha value is -3.78. The Balaban J connectivity index is 1.55. The standard InChI is InChI=1S/C20H11NO6S/c22-19-16-7-6-14(10-17(16)27-18(19)11-15-5-2-8-28-15)26-20(23)12-3-1-4-13(9-12)21(24)25/h1-11H/b18-11-. The maximum Gasteiger partial charge on any atom is 0.343 e. The molecule has 0 fully saturated rings. The van der Waals surface area contributed by atoms with Gasteiger partial charge in [-0.2, -0.15) is 0 Å². The highest BCUT2D eigenvalue weighted by Gasteiger charge is 2.28. The van der Waals surface area contributed by atoms with Crippen molar-refractivity contribution in [1.29, 1.82) is 0 Å². The number of thiophene rings is 1. The van der Waals surface area contributed by atoms with Crippen LogP contribution >= 0.6 is 11.3 Å². The summed E-state index contributed by atoms with van der Waals surface area (Å²) in [5.74, 6) is -0.348. The van der Waals surface area contributed by atoms with E-state index in [1.807, 2.05) is 17.5 Å². The van der Waals surface area contributed by atoms with E-state index in [2.05, 4.69) is 0 Å². The number of nitro benzene ring substituents is 1. The lowest BCUT2D eigenvalue weighted by Gasteiger charge is -2.05. The van der Waals surface area contributed by atoms with Gasteiger partial charge in [-0.3, -0.25) is 14.9 Å². The van der Waals surface area contributed by atoms with E-state index in [1.165, 1.54) is 47.7 Å². The Morgan fingerprint density at radius 2 is 2.00 bits per heavy atom. The van der Waals surface area contributed by atoms with Gasteiger partial charge in [0.25, 0.3) is 5.69 Å². The average molecular weight is 393 g/mol. The summed E-state index contributed by atoms with van der Waals surface area (Å²) in [5, 5.41) is 12.7. The normalized spacial score (nSPS) is 13.9. The van der Waals surface area contributed by atoms with Crippen molar-refractivity contribution in [2.24, 2.45) is 0 Å². The quantitative estimate of drug-likeness (QED) is 0.213. The fourth-order valence-corrected chi connectivity index (χ4v) is 3.29. The summed E-state index contributed by atoms with van der Waals surface area (Å²) in [7, 11) is 0. The predicted octanol–water partition coefficient (Wildman–Crippen LogP) is 4.49. The summed E-state index contributed by atoms with van der Waals surface area (Å²) in [4.78, 5) is 35.8. The maximum atomic E-state index is 12.4. The van der Waals surface area contributed by atoms with Gasteiger partial charge in [0.1, 0.15) is 11.5 Å². The molecule has 1 aliphatic heterocycles. The van der Waals surface area contributed by atoms with Crippen molar-refractivity contribution >= 4 is 34.9 Å². The van der Waals surface area contributed by atoms with Crippen LogP contribution in [0, 0.1) is 10.1 Å². The predicted molar refractivity (Wildman–Crippen MR) is 102 cm³/mol. The molecule has 7 nitrogen and oxygen atoms in total. The van der Waals surface area contributed by atoms with E-state index in [0.717, 1.165) is 10.9 Å². The Labute approximate surface area is 162 Å². The van der Waals surface area contributed by atoms with Crippen LogP contribution in [0.25, 0.3) is 6.08 Å². The zero-order valence-corrected chi connectivity index (χ0v) is 15.0. The number of carbonyl (C=O) groups is 2. The number of carbonyl (C=O) groups excluding carboxylic acids is 2. The number of nitrogens with zero attached hydrogens (tertiary/aromatic N) is 1. The van der Waals surface area contributed by atoms with Gasteiger partial charge in [-0.1, -0.05) is 12.1 Å². The minimum atomic E-state index is -0.748. The highest BCUT2D eigenvalue weighted by Crippen LogP contribution is 2.35. The number of non-ortho nitro benzene ring substituents is 1. The first-order valence-corrected chi connectivity index (χ1v) is 8.98. The first-order chi connectivity index (χ1) is 13.5. The van der Waals surface area contributed by atoms with Crippen LogP contribution in [0.5, 0.6) is 11.5 Å². The maximum absolute atomic E-state index is 12.4. The lowest BCUT2D eigenvalue weighted by molar-refractivity contribution is -0.384. The summed E-state index contributed by atoms with van der Waals surface area (Å²) in [6.07, 6.45) is 1.65. The van der Waals surface area contributed by atoms with Crippen LogP contribution in [-0.2, 0) is 0 Å². The van der Waals surface area contributed by atoms with Crippen LogP contribution in [-0.4, -0.2) is 16.7 Å². The minimum Gasteiger partial charge on any atom is -0.452 e. The van der Waals surface area contributed by atoms with Crippen molar-refractivity contribution in [3.63, 3.8) is 0 Å². The third-order valence-electron chi connectivity index (χ3n) is 3.96. The second-order valence-electron chi connectivity index (χ2n) is 5.81. The molecule has 0 aliphatic carbocycles. The number of benzene rings is 2. The van der Waals surface area contributed by atoms with Gasteiger partial charge in [0.05, 0.1) is 16.1 Å². The summed E-state index contributed by atoms with van der Waals surface area (Å²) in [6, 6.07) is 13.4. The Kier molecular flexibility index (Phi) is 4.46. The van der Waals surface area contributed by atoms with E-state index in [-0.39, 0.29) is 34.3 Å². The molecule has 0 radical (unpaired) electrons. The Morgan fingerprint density at radius 3 is 2.75 bits per heavy atom. The van der Waals surface area contributed by atoms with Crippen molar-refractivity contribution in [3.05, 3.63) is 91.9 Å². The lowest BCUT2D eigenvalue weighted by Crippen LogP contribution is -2.08. The monoisotopic (exact) mass is 393 g/mol. The number of hydrogen-bond donors (Lipinski definition) is 0. The van der Waals surface area contributed by atoms with E-state index in [0.29, 0.717) is 5.56 Å². The molecule has 0 saturated heterocycles. The molecule has 0 bridgehead atoms. The van der Waals surface area contributed by atoms with Crippen molar-refractivity contribution in [1.82, 2.24) is 0 Å². The molecule has 3 aromatic rings. The molecule has 28 heavy (non-hydrogen) atoms. The van der Waals surface area contributed by atoms with E-state index in [4.69, 9.17) is 9.47 Å².